The van der Waals surface area contributed by atoms with Gasteiger partial charge in [-0.15, -0.1) is 0 Å². The first kappa shape index (κ1) is 13.9. The van der Waals surface area contributed by atoms with Crippen LogP contribution in [0.5, 0.6) is 0 Å². The summed E-state index contributed by atoms with van der Waals surface area (Å²) >= 11 is 0. The minimum Gasteiger partial charge on any atom is -0.308 e. The van der Waals surface area contributed by atoms with E-state index in [0.29, 0.717) is 5.82 Å². The minimum absolute atomic E-state index is 0.671. The number of nitrogens with two attached hydrogens (primary N) is 1. The molecule has 0 spiro atoms. The van der Waals surface area contributed by atoms with E-state index < -0.39 is 0 Å². The van der Waals surface area contributed by atoms with Gasteiger partial charge in [-0.1, -0.05) is 13.8 Å². The van der Waals surface area contributed by atoms with Crippen LogP contribution in [0.3, 0.4) is 0 Å². The topological polar surface area (TPSA) is 67.1 Å². The number of hydrogen-bond donors (Lipinski definition) is 2. The van der Waals surface area contributed by atoms with E-state index in [9.17, 15) is 0 Å². The number of nitrogen functional groups attached to an aromatic ring is 1. The maximum atomic E-state index is 5.36. The molecule has 0 saturated carbocycles. The smallest absolute Gasteiger partial charge is 0.144 e. The number of rotatable bonds is 6. The minimum atomic E-state index is 0.671. The average molecular weight is 237 g/mol. The van der Waals surface area contributed by atoms with Gasteiger partial charge >= 0.3 is 0 Å². The van der Waals surface area contributed by atoms with E-state index in [2.05, 4.69) is 41.2 Å². The lowest BCUT2D eigenvalue weighted by molar-refractivity contribution is 0.296. The highest BCUT2D eigenvalue weighted by atomic mass is 15.3. The van der Waals surface area contributed by atoms with Crippen LogP contribution in [0.2, 0.25) is 0 Å². The Morgan fingerprint density at radius 3 is 2.71 bits per heavy atom. The van der Waals surface area contributed by atoms with Gasteiger partial charge in [-0.3, -0.25) is 4.90 Å². The quantitative estimate of drug-likeness (QED) is 0.580. The van der Waals surface area contributed by atoms with Crippen molar-refractivity contribution in [2.24, 2.45) is 11.8 Å². The van der Waals surface area contributed by atoms with E-state index in [1.165, 1.54) is 6.42 Å². The molecule has 3 N–H and O–H groups in total. The lowest BCUT2D eigenvalue weighted by atomic mass is 10.1. The Balaban J connectivity index is 2.58. The fourth-order valence-corrected chi connectivity index (χ4v) is 1.57. The van der Waals surface area contributed by atoms with Crippen LogP contribution in [0, 0.1) is 12.8 Å². The lowest BCUT2D eigenvalue weighted by Gasteiger charge is -2.17. The van der Waals surface area contributed by atoms with Gasteiger partial charge in [0.2, 0.25) is 0 Å². The second-order valence-electron chi connectivity index (χ2n) is 4.88. The Kier molecular flexibility index (Phi) is 5.31. The molecule has 1 aromatic rings. The molecule has 96 valence electrons. The highest BCUT2D eigenvalue weighted by Gasteiger charge is 2.06. The summed E-state index contributed by atoms with van der Waals surface area (Å²) in [5.74, 6) is 7.56. The zero-order chi connectivity index (χ0) is 12.8. The predicted octanol–water partition coefficient (Wildman–Crippen LogP) is 1.55. The Labute approximate surface area is 103 Å². The summed E-state index contributed by atoms with van der Waals surface area (Å²) in [6.45, 7) is 8.21. The third kappa shape index (κ3) is 5.10. The van der Waals surface area contributed by atoms with Crippen LogP contribution in [0.25, 0.3) is 0 Å². The van der Waals surface area contributed by atoms with Crippen molar-refractivity contribution in [3.8, 4) is 0 Å². The monoisotopic (exact) mass is 237 g/mol. The van der Waals surface area contributed by atoms with Crippen molar-refractivity contribution in [2.75, 3.05) is 19.0 Å². The molecule has 1 rings (SSSR count). The van der Waals surface area contributed by atoms with Gasteiger partial charge in [-0.25, -0.2) is 15.8 Å². The normalized spacial score (nSPS) is 11.2. The van der Waals surface area contributed by atoms with Crippen LogP contribution in [0.15, 0.2) is 6.07 Å². The van der Waals surface area contributed by atoms with Crippen molar-refractivity contribution in [1.29, 1.82) is 0 Å². The fourth-order valence-electron chi connectivity index (χ4n) is 1.57. The summed E-state index contributed by atoms with van der Waals surface area (Å²) in [6, 6.07) is 1.83. The van der Waals surface area contributed by atoms with E-state index in [1.54, 1.807) is 0 Å². The van der Waals surface area contributed by atoms with Crippen molar-refractivity contribution in [2.45, 2.75) is 33.7 Å². The molecule has 0 fully saturated rings. The van der Waals surface area contributed by atoms with E-state index >= 15 is 0 Å². The van der Waals surface area contributed by atoms with E-state index in [-0.39, 0.29) is 0 Å². The van der Waals surface area contributed by atoms with Crippen LogP contribution < -0.4 is 11.3 Å². The van der Waals surface area contributed by atoms with E-state index in [4.69, 9.17) is 5.84 Å². The third-order valence-electron chi connectivity index (χ3n) is 2.55. The number of anilines is 1. The molecule has 5 nitrogen and oxygen atoms in total. The van der Waals surface area contributed by atoms with Crippen LogP contribution in [-0.4, -0.2) is 28.5 Å². The third-order valence-corrected chi connectivity index (χ3v) is 2.55. The highest BCUT2D eigenvalue weighted by molar-refractivity contribution is 5.33. The standard InChI is InChI=1S/C12H23N5/c1-9(2)5-6-17(4)8-12-14-10(3)7-11(15-12)16-13/h7,9H,5-6,8,13H2,1-4H3,(H,14,15,16). The van der Waals surface area contributed by atoms with Crippen molar-refractivity contribution in [3.63, 3.8) is 0 Å². The molecule has 0 aliphatic rings. The van der Waals surface area contributed by atoms with Gasteiger partial charge in [0.1, 0.15) is 11.6 Å². The highest BCUT2D eigenvalue weighted by Crippen LogP contribution is 2.07. The maximum Gasteiger partial charge on any atom is 0.144 e. The molecule has 0 unspecified atom stereocenters. The predicted molar refractivity (Wildman–Crippen MR) is 70.4 cm³/mol. The summed E-state index contributed by atoms with van der Waals surface area (Å²) < 4.78 is 0. The summed E-state index contributed by atoms with van der Waals surface area (Å²) in [4.78, 5) is 11.0. The lowest BCUT2D eigenvalue weighted by Crippen LogP contribution is -2.22. The first-order valence-electron chi connectivity index (χ1n) is 6.01. The Morgan fingerprint density at radius 2 is 2.12 bits per heavy atom. The first-order valence-corrected chi connectivity index (χ1v) is 6.01. The molecule has 0 bridgehead atoms. The second-order valence-corrected chi connectivity index (χ2v) is 4.88. The average Bonchev–Trinajstić information content (AvgIpc) is 2.25. The van der Waals surface area contributed by atoms with Gasteiger partial charge in [-0.05, 0) is 32.9 Å². The molecule has 0 saturated heterocycles. The van der Waals surface area contributed by atoms with Gasteiger partial charge in [0.25, 0.3) is 0 Å². The number of nitrogens with zero attached hydrogens (tertiary/aromatic N) is 3. The number of nitrogens with one attached hydrogen (secondary N) is 1. The Bertz CT molecular complexity index is 351. The van der Waals surface area contributed by atoms with Crippen LogP contribution in [0.1, 0.15) is 31.8 Å². The molecule has 0 radical (unpaired) electrons. The molecule has 17 heavy (non-hydrogen) atoms. The van der Waals surface area contributed by atoms with Gasteiger partial charge in [0.15, 0.2) is 0 Å². The fraction of sp³-hybridized carbons (Fsp3) is 0.667. The molecular weight excluding hydrogens is 214 g/mol. The SMILES string of the molecule is Cc1cc(NN)nc(CN(C)CCC(C)C)n1. The van der Waals surface area contributed by atoms with E-state index in [0.717, 1.165) is 30.5 Å². The van der Waals surface area contributed by atoms with Crippen LogP contribution in [0.4, 0.5) is 5.82 Å². The van der Waals surface area contributed by atoms with Crippen LogP contribution in [-0.2, 0) is 6.54 Å². The molecule has 1 aromatic heterocycles. The largest absolute Gasteiger partial charge is 0.308 e. The van der Waals surface area contributed by atoms with Crippen molar-refractivity contribution in [3.05, 3.63) is 17.6 Å². The number of aromatic nitrogens is 2. The second kappa shape index (κ2) is 6.51. The molecule has 0 atom stereocenters. The van der Waals surface area contributed by atoms with Crippen molar-refractivity contribution in [1.82, 2.24) is 14.9 Å². The number of aryl methyl sites for hydroxylation is 1. The Morgan fingerprint density at radius 1 is 1.41 bits per heavy atom. The van der Waals surface area contributed by atoms with Crippen molar-refractivity contribution < 1.29 is 0 Å². The molecule has 0 amide bonds. The Hall–Kier alpha value is -1.20. The van der Waals surface area contributed by atoms with Gasteiger partial charge in [-0.2, -0.15) is 0 Å². The molecule has 0 aliphatic carbocycles. The van der Waals surface area contributed by atoms with E-state index in [1.807, 2.05) is 13.0 Å². The molecular formula is C12H23N5. The van der Waals surface area contributed by atoms with Crippen LogP contribution >= 0.6 is 0 Å². The molecule has 5 heteroatoms. The maximum absolute atomic E-state index is 5.36. The van der Waals surface area contributed by atoms with Gasteiger partial charge in [0.05, 0.1) is 6.54 Å². The number of hydrogen-bond acceptors (Lipinski definition) is 5. The molecule has 1 heterocycles. The van der Waals surface area contributed by atoms with Gasteiger partial charge in [0, 0.05) is 11.8 Å². The zero-order valence-electron chi connectivity index (χ0n) is 11.2. The summed E-state index contributed by atoms with van der Waals surface area (Å²) in [7, 11) is 2.09. The molecule has 0 aromatic carbocycles. The molecule has 0 aliphatic heterocycles. The summed E-state index contributed by atoms with van der Waals surface area (Å²) in [5, 5.41) is 0. The summed E-state index contributed by atoms with van der Waals surface area (Å²) in [6.07, 6.45) is 1.18. The first-order chi connectivity index (χ1) is 8.01. The van der Waals surface area contributed by atoms with Crippen molar-refractivity contribution >= 4 is 5.82 Å². The van der Waals surface area contributed by atoms with Gasteiger partial charge < -0.3 is 5.43 Å². The zero-order valence-corrected chi connectivity index (χ0v) is 11.2. The summed E-state index contributed by atoms with van der Waals surface area (Å²) in [5.41, 5.74) is 3.49. The number of hydrazine groups is 1.